The van der Waals surface area contributed by atoms with Gasteiger partial charge in [0.2, 0.25) is 5.88 Å². The van der Waals surface area contributed by atoms with Crippen molar-refractivity contribution in [2.75, 3.05) is 26.0 Å². The number of aromatic nitrogens is 1. The second kappa shape index (κ2) is 10.6. The number of nitrogens with one attached hydrogen (secondary N) is 1. The maximum absolute atomic E-state index is 12.0. The zero-order valence-corrected chi connectivity index (χ0v) is 17.7. The van der Waals surface area contributed by atoms with Gasteiger partial charge in [0, 0.05) is 43.2 Å². The van der Waals surface area contributed by atoms with E-state index in [4.69, 9.17) is 15.3 Å². The van der Waals surface area contributed by atoms with Crippen molar-refractivity contribution in [1.82, 2.24) is 9.88 Å². The summed E-state index contributed by atoms with van der Waals surface area (Å²) in [5.41, 5.74) is 7.46. The second-order valence-electron chi connectivity index (χ2n) is 6.88. The Morgan fingerprint density at radius 1 is 1.00 bits per heavy atom. The highest BCUT2D eigenvalue weighted by Gasteiger charge is 2.09. The molecule has 32 heavy (non-hydrogen) atoms. The number of amidine groups is 1. The molecule has 3 N–H and O–H groups in total. The summed E-state index contributed by atoms with van der Waals surface area (Å²) in [4.78, 5) is 34.6. The van der Waals surface area contributed by atoms with Gasteiger partial charge >= 0.3 is 0 Å². The van der Waals surface area contributed by atoms with E-state index < -0.39 is 5.91 Å². The number of nitrogens with zero attached hydrogens (tertiary/aromatic N) is 3. The van der Waals surface area contributed by atoms with E-state index in [2.05, 4.69) is 15.5 Å². The summed E-state index contributed by atoms with van der Waals surface area (Å²) in [6.07, 6.45) is 1.50. The minimum atomic E-state index is -0.419. The van der Waals surface area contributed by atoms with Gasteiger partial charge in [-0.25, -0.2) is 4.98 Å². The third-order valence-electron chi connectivity index (χ3n) is 4.18. The molecular formula is C23H23N5O4. The van der Waals surface area contributed by atoms with Gasteiger partial charge in [-0.2, -0.15) is 0 Å². The number of rotatable bonds is 8. The number of hydrogen-bond donors (Lipinski definition) is 2. The van der Waals surface area contributed by atoms with Gasteiger partial charge in [-0.1, -0.05) is 23.4 Å². The molecule has 2 aromatic carbocycles. The molecule has 0 aliphatic carbocycles. The van der Waals surface area contributed by atoms with Gasteiger partial charge in [0.1, 0.15) is 5.75 Å². The number of anilines is 1. The minimum Gasteiger partial charge on any atom is -0.439 e. The van der Waals surface area contributed by atoms with Crippen molar-refractivity contribution >= 4 is 23.3 Å². The van der Waals surface area contributed by atoms with Crippen molar-refractivity contribution in [2.45, 2.75) is 0 Å². The lowest BCUT2D eigenvalue weighted by molar-refractivity contribution is -0.120. The average Bonchev–Trinajstić information content (AvgIpc) is 2.80. The predicted octanol–water partition coefficient (Wildman–Crippen LogP) is 2.85. The Balaban J connectivity index is 1.48. The number of amides is 2. The van der Waals surface area contributed by atoms with Crippen LogP contribution in [0.4, 0.5) is 5.69 Å². The largest absolute Gasteiger partial charge is 0.439 e. The van der Waals surface area contributed by atoms with Gasteiger partial charge in [-0.05, 0) is 42.5 Å². The molecule has 0 radical (unpaired) electrons. The summed E-state index contributed by atoms with van der Waals surface area (Å²) in [7, 11) is 3.34. The van der Waals surface area contributed by atoms with Gasteiger partial charge in [0.05, 0.1) is 0 Å². The molecule has 2 amide bonds. The van der Waals surface area contributed by atoms with E-state index in [9.17, 15) is 9.59 Å². The van der Waals surface area contributed by atoms with Crippen LogP contribution in [-0.2, 0) is 9.63 Å². The number of pyridine rings is 1. The molecule has 9 heteroatoms. The van der Waals surface area contributed by atoms with E-state index in [-0.39, 0.29) is 18.3 Å². The van der Waals surface area contributed by atoms with Gasteiger partial charge in [0.25, 0.3) is 11.8 Å². The second-order valence-corrected chi connectivity index (χ2v) is 6.88. The lowest BCUT2D eigenvalue weighted by Crippen LogP contribution is -2.22. The van der Waals surface area contributed by atoms with E-state index in [0.717, 1.165) is 0 Å². The molecule has 0 aliphatic heterocycles. The van der Waals surface area contributed by atoms with Crippen molar-refractivity contribution in [2.24, 2.45) is 10.9 Å². The number of nitrogens with two attached hydrogens (primary N) is 1. The number of oxime groups is 1. The fraction of sp³-hybridized carbons (Fsp3) is 0.130. The summed E-state index contributed by atoms with van der Waals surface area (Å²) < 4.78 is 5.62. The molecule has 0 bridgehead atoms. The lowest BCUT2D eigenvalue weighted by atomic mass is 10.2. The maximum Gasteiger partial charge on any atom is 0.265 e. The highest BCUT2D eigenvalue weighted by molar-refractivity contribution is 5.97. The molecule has 1 heterocycles. The SMILES string of the molecule is CN(C)C(=O)c1ccc(NC(=O)CO/N=C(/N)c2ccc(Oc3ccccc3)nc2)cc1. The molecule has 3 aromatic rings. The van der Waals surface area contributed by atoms with Crippen LogP contribution in [0.25, 0.3) is 0 Å². The van der Waals surface area contributed by atoms with Crippen LogP contribution in [0.1, 0.15) is 15.9 Å². The van der Waals surface area contributed by atoms with Crippen molar-refractivity contribution in [3.05, 3.63) is 84.1 Å². The number of carbonyl (C=O) groups excluding carboxylic acids is 2. The zero-order chi connectivity index (χ0) is 22.9. The zero-order valence-electron chi connectivity index (χ0n) is 17.7. The normalized spacial score (nSPS) is 10.9. The Kier molecular flexibility index (Phi) is 7.37. The molecule has 9 nitrogen and oxygen atoms in total. The number of ether oxygens (including phenoxy) is 1. The molecule has 0 aliphatic rings. The quantitative estimate of drug-likeness (QED) is 0.320. The Bertz CT molecular complexity index is 1080. The average molecular weight is 433 g/mol. The van der Waals surface area contributed by atoms with Crippen LogP contribution < -0.4 is 15.8 Å². The molecule has 0 atom stereocenters. The fourth-order valence-electron chi connectivity index (χ4n) is 2.57. The van der Waals surface area contributed by atoms with Gasteiger partial charge in [0.15, 0.2) is 12.4 Å². The van der Waals surface area contributed by atoms with Gasteiger partial charge in [-0.15, -0.1) is 0 Å². The number of para-hydroxylation sites is 1. The van der Waals surface area contributed by atoms with E-state index in [0.29, 0.717) is 28.4 Å². The molecule has 0 saturated carbocycles. The summed E-state index contributed by atoms with van der Waals surface area (Å²) >= 11 is 0. The first kappa shape index (κ1) is 22.3. The van der Waals surface area contributed by atoms with Crippen LogP contribution in [0.5, 0.6) is 11.6 Å². The van der Waals surface area contributed by atoms with Gasteiger partial charge in [-0.3, -0.25) is 9.59 Å². The van der Waals surface area contributed by atoms with Crippen LogP contribution in [0.15, 0.2) is 78.1 Å². The standard InChI is InChI=1S/C23H23N5O4/c1-28(2)23(30)16-8-11-18(12-9-16)26-20(29)15-31-27-22(24)17-10-13-21(25-14-17)32-19-6-4-3-5-7-19/h3-14H,15H2,1-2H3,(H2,24,27)(H,26,29). The molecule has 1 aromatic heterocycles. The third-order valence-corrected chi connectivity index (χ3v) is 4.18. The van der Waals surface area contributed by atoms with E-state index in [1.807, 2.05) is 30.3 Å². The Morgan fingerprint density at radius 2 is 1.69 bits per heavy atom. The highest BCUT2D eigenvalue weighted by Crippen LogP contribution is 2.18. The molecule has 164 valence electrons. The Labute approximate surface area is 185 Å². The van der Waals surface area contributed by atoms with Crippen LogP contribution in [0.3, 0.4) is 0 Å². The van der Waals surface area contributed by atoms with E-state index in [1.54, 1.807) is 50.5 Å². The first-order valence-electron chi connectivity index (χ1n) is 9.68. The summed E-state index contributed by atoms with van der Waals surface area (Å²) in [5, 5.41) is 6.40. The predicted molar refractivity (Wildman–Crippen MR) is 121 cm³/mol. The summed E-state index contributed by atoms with van der Waals surface area (Å²) in [5.74, 6) is 0.611. The molecule has 0 saturated heterocycles. The van der Waals surface area contributed by atoms with Crippen LogP contribution >= 0.6 is 0 Å². The van der Waals surface area contributed by atoms with Crippen molar-refractivity contribution in [3.63, 3.8) is 0 Å². The first-order valence-corrected chi connectivity index (χ1v) is 9.68. The smallest absolute Gasteiger partial charge is 0.265 e. The van der Waals surface area contributed by atoms with Crippen LogP contribution in [0, 0.1) is 0 Å². The highest BCUT2D eigenvalue weighted by atomic mass is 16.6. The van der Waals surface area contributed by atoms with E-state index in [1.165, 1.54) is 11.1 Å². The first-order chi connectivity index (χ1) is 15.4. The van der Waals surface area contributed by atoms with Gasteiger partial charge < -0.3 is 25.5 Å². The van der Waals surface area contributed by atoms with Crippen molar-refractivity contribution < 1.29 is 19.2 Å². The summed E-state index contributed by atoms with van der Waals surface area (Å²) in [6, 6.07) is 19.1. The molecule has 3 rings (SSSR count). The number of carbonyl (C=O) groups is 2. The topological polar surface area (TPSA) is 119 Å². The maximum atomic E-state index is 12.0. The number of hydrogen-bond acceptors (Lipinski definition) is 6. The fourth-order valence-corrected chi connectivity index (χ4v) is 2.57. The Hall–Kier alpha value is -4.40. The van der Waals surface area contributed by atoms with Crippen molar-refractivity contribution in [3.8, 4) is 11.6 Å². The third kappa shape index (κ3) is 6.30. The molecule has 0 fully saturated rings. The number of benzene rings is 2. The van der Waals surface area contributed by atoms with Crippen LogP contribution in [-0.4, -0.2) is 48.2 Å². The summed E-state index contributed by atoms with van der Waals surface area (Å²) in [6.45, 7) is -0.332. The van der Waals surface area contributed by atoms with Crippen LogP contribution in [0.2, 0.25) is 0 Å². The van der Waals surface area contributed by atoms with Crippen molar-refractivity contribution in [1.29, 1.82) is 0 Å². The Morgan fingerprint density at radius 3 is 2.31 bits per heavy atom. The molecular weight excluding hydrogens is 410 g/mol. The minimum absolute atomic E-state index is 0.0723. The van der Waals surface area contributed by atoms with E-state index >= 15 is 0 Å². The molecule has 0 unspecified atom stereocenters. The molecule has 0 spiro atoms. The monoisotopic (exact) mass is 433 g/mol. The lowest BCUT2D eigenvalue weighted by Gasteiger charge is -2.10.